The number of rotatable bonds is 15. The second-order valence-electron chi connectivity index (χ2n) is 9.05. The summed E-state index contributed by atoms with van der Waals surface area (Å²) in [5, 5.41) is 15.6. The molecule has 3 N–H and O–H groups in total. The normalized spacial score (nSPS) is 13.6. The SMILES string of the molecule is O=C(O)NCCCCCCNC(=O)CN1C=CN(CC(OCc2ccc(Cl)cc2)c2ccc(Cl)cc2Cl)C1. The van der Waals surface area contributed by atoms with Crippen molar-refractivity contribution in [2.24, 2.45) is 0 Å². The first-order valence-corrected chi connectivity index (χ1v) is 13.6. The molecule has 8 nitrogen and oxygen atoms in total. The van der Waals surface area contributed by atoms with Crippen LogP contribution in [-0.4, -0.2) is 59.8 Å². The molecule has 0 fully saturated rings. The zero-order chi connectivity index (χ0) is 27.3. The number of carbonyl (C=O) groups excluding carboxylic acids is 1. The molecule has 2 aromatic carbocycles. The van der Waals surface area contributed by atoms with E-state index in [9.17, 15) is 9.59 Å². The average molecular weight is 584 g/mol. The van der Waals surface area contributed by atoms with Gasteiger partial charge in [-0.2, -0.15) is 0 Å². The van der Waals surface area contributed by atoms with Gasteiger partial charge in [-0.05, 0) is 42.7 Å². The predicted octanol–water partition coefficient (Wildman–Crippen LogP) is 5.90. The van der Waals surface area contributed by atoms with Crippen molar-refractivity contribution in [2.75, 3.05) is 32.8 Å². The third kappa shape index (κ3) is 10.6. The Bertz CT molecular complexity index is 1080. The van der Waals surface area contributed by atoms with Crippen LogP contribution in [0.5, 0.6) is 0 Å². The summed E-state index contributed by atoms with van der Waals surface area (Å²) in [7, 11) is 0. The summed E-state index contributed by atoms with van der Waals surface area (Å²) in [6.07, 6.45) is 6.02. The molecule has 0 aromatic heterocycles. The smallest absolute Gasteiger partial charge is 0.404 e. The molecule has 0 saturated heterocycles. The van der Waals surface area contributed by atoms with E-state index in [2.05, 4.69) is 15.5 Å². The summed E-state index contributed by atoms with van der Waals surface area (Å²) in [6, 6.07) is 12.9. The molecule has 0 spiro atoms. The highest BCUT2D eigenvalue weighted by Gasteiger charge is 2.22. The van der Waals surface area contributed by atoms with Crippen LogP contribution in [0.3, 0.4) is 0 Å². The average Bonchev–Trinajstić information content (AvgIpc) is 3.31. The molecule has 0 radical (unpaired) electrons. The number of carbonyl (C=O) groups is 2. The maximum atomic E-state index is 12.4. The molecular formula is C27H33Cl3N4O4. The lowest BCUT2D eigenvalue weighted by Crippen LogP contribution is -2.37. The van der Waals surface area contributed by atoms with Gasteiger partial charge in [-0.3, -0.25) is 4.79 Å². The fourth-order valence-corrected chi connectivity index (χ4v) is 4.65. The quantitative estimate of drug-likeness (QED) is 0.226. The van der Waals surface area contributed by atoms with E-state index in [0.29, 0.717) is 48.0 Å². The van der Waals surface area contributed by atoms with Crippen LogP contribution < -0.4 is 10.6 Å². The molecule has 0 bridgehead atoms. The van der Waals surface area contributed by atoms with E-state index in [1.54, 1.807) is 12.1 Å². The van der Waals surface area contributed by atoms with Crippen molar-refractivity contribution >= 4 is 46.8 Å². The first-order chi connectivity index (χ1) is 18.3. The summed E-state index contributed by atoms with van der Waals surface area (Å²) in [5.74, 6) is -0.0414. The number of nitrogens with one attached hydrogen (secondary N) is 2. The van der Waals surface area contributed by atoms with Crippen molar-refractivity contribution in [3.05, 3.63) is 81.1 Å². The maximum Gasteiger partial charge on any atom is 0.404 e. The van der Waals surface area contributed by atoms with Crippen LogP contribution in [0, 0.1) is 0 Å². The van der Waals surface area contributed by atoms with Gasteiger partial charge in [0, 0.05) is 52.7 Å². The second kappa shape index (κ2) is 15.7. The lowest BCUT2D eigenvalue weighted by atomic mass is 10.1. The summed E-state index contributed by atoms with van der Waals surface area (Å²) < 4.78 is 6.29. The van der Waals surface area contributed by atoms with E-state index >= 15 is 0 Å². The maximum absolute atomic E-state index is 12.4. The van der Waals surface area contributed by atoms with Crippen molar-refractivity contribution in [1.82, 2.24) is 20.4 Å². The fraction of sp³-hybridized carbons (Fsp3) is 0.407. The van der Waals surface area contributed by atoms with Crippen LogP contribution in [0.1, 0.15) is 42.9 Å². The van der Waals surface area contributed by atoms with E-state index in [1.807, 2.05) is 47.6 Å². The van der Waals surface area contributed by atoms with Crippen LogP contribution in [0.25, 0.3) is 0 Å². The Labute approximate surface area is 238 Å². The zero-order valence-electron chi connectivity index (χ0n) is 21.0. The van der Waals surface area contributed by atoms with E-state index in [0.717, 1.165) is 36.8 Å². The Morgan fingerprint density at radius 3 is 2.24 bits per heavy atom. The molecule has 1 heterocycles. The molecule has 0 saturated carbocycles. The Morgan fingerprint density at radius 2 is 1.55 bits per heavy atom. The van der Waals surface area contributed by atoms with E-state index in [-0.39, 0.29) is 18.6 Å². The number of benzene rings is 2. The van der Waals surface area contributed by atoms with Crippen molar-refractivity contribution in [1.29, 1.82) is 0 Å². The molecule has 1 aliphatic rings. The molecule has 2 aromatic rings. The molecule has 1 unspecified atom stereocenters. The largest absolute Gasteiger partial charge is 0.465 e. The minimum atomic E-state index is -0.999. The van der Waals surface area contributed by atoms with Gasteiger partial charge in [0.2, 0.25) is 5.91 Å². The summed E-state index contributed by atoms with van der Waals surface area (Å²) in [4.78, 5) is 26.8. The number of nitrogens with zero attached hydrogens (tertiary/aromatic N) is 2. The number of halogens is 3. The Kier molecular flexibility index (Phi) is 12.3. The lowest BCUT2D eigenvalue weighted by molar-refractivity contribution is -0.121. The van der Waals surface area contributed by atoms with Crippen LogP contribution in [0.2, 0.25) is 15.1 Å². The van der Waals surface area contributed by atoms with Gasteiger partial charge in [0.05, 0.1) is 19.8 Å². The monoisotopic (exact) mass is 582 g/mol. The molecule has 1 atom stereocenters. The number of hydrogen-bond acceptors (Lipinski definition) is 5. The minimum Gasteiger partial charge on any atom is -0.465 e. The number of carboxylic acid groups (broad SMARTS) is 1. The van der Waals surface area contributed by atoms with Gasteiger partial charge in [0.15, 0.2) is 0 Å². The third-order valence-electron chi connectivity index (χ3n) is 5.97. The van der Waals surface area contributed by atoms with Gasteiger partial charge in [0.1, 0.15) is 6.10 Å². The molecular weight excluding hydrogens is 551 g/mol. The van der Waals surface area contributed by atoms with Gasteiger partial charge in [-0.25, -0.2) is 4.79 Å². The van der Waals surface area contributed by atoms with Crippen LogP contribution in [-0.2, 0) is 16.1 Å². The predicted molar refractivity (Wildman–Crippen MR) is 150 cm³/mol. The fourth-order valence-electron chi connectivity index (χ4n) is 4.00. The number of unbranched alkanes of at least 4 members (excludes halogenated alkanes) is 3. The topological polar surface area (TPSA) is 94.1 Å². The van der Waals surface area contributed by atoms with Crippen LogP contribution in [0.15, 0.2) is 54.9 Å². The number of hydrogen-bond donors (Lipinski definition) is 3. The molecule has 11 heteroatoms. The molecule has 2 amide bonds. The van der Waals surface area contributed by atoms with Gasteiger partial charge in [-0.1, -0.05) is 65.8 Å². The Morgan fingerprint density at radius 1 is 0.895 bits per heavy atom. The molecule has 3 rings (SSSR count). The van der Waals surface area contributed by atoms with E-state index in [1.165, 1.54) is 0 Å². The number of amides is 2. The van der Waals surface area contributed by atoms with Crippen LogP contribution in [0.4, 0.5) is 4.79 Å². The van der Waals surface area contributed by atoms with Gasteiger partial charge < -0.3 is 30.3 Å². The zero-order valence-corrected chi connectivity index (χ0v) is 23.3. The molecule has 206 valence electrons. The summed E-state index contributed by atoms with van der Waals surface area (Å²) >= 11 is 18.6. The minimum absolute atomic E-state index is 0.0414. The highest BCUT2D eigenvalue weighted by Crippen LogP contribution is 2.30. The van der Waals surface area contributed by atoms with Gasteiger partial charge in [-0.15, -0.1) is 0 Å². The summed E-state index contributed by atoms with van der Waals surface area (Å²) in [5.41, 5.74) is 1.84. The van der Waals surface area contributed by atoms with E-state index in [4.69, 9.17) is 44.6 Å². The van der Waals surface area contributed by atoms with Crippen molar-refractivity contribution in [3.63, 3.8) is 0 Å². The molecule has 38 heavy (non-hydrogen) atoms. The molecule has 1 aliphatic heterocycles. The van der Waals surface area contributed by atoms with Crippen molar-refractivity contribution in [2.45, 2.75) is 38.4 Å². The lowest BCUT2D eigenvalue weighted by Gasteiger charge is -2.27. The first-order valence-electron chi connectivity index (χ1n) is 12.5. The third-order valence-corrected chi connectivity index (χ3v) is 6.79. The first kappa shape index (κ1) is 29.9. The van der Waals surface area contributed by atoms with E-state index < -0.39 is 6.09 Å². The second-order valence-corrected chi connectivity index (χ2v) is 10.3. The highest BCUT2D eigenvalue weighted by molar-refractivity contribution is 6.35. The Balaban J connectivity index is 1.44. The van der Waals surface area contributed by atoms with Crippen molar-refractivity contribution in [3.8, 4) is 0 Å². The molecule has 0 aliphatic carbocycles. The van der Waals surface area contributed by atoms with Crippen molar-refractivity contribution < 1.29 is 19.4 Å². The standard InChI is InChI=1S/C27H33Cl3N4O4/c28-21-7-5-20(6-8-21)18-38-25(23-10-9-22(29)15-24(23)30)16-33-13-14-34(19-33)17-26(35)31-11-3-1-2-4-12-32-27(36)37/h5-10,13-15,25,32H,1-4,11-12,16-19H2,(H,31,35)(H,36,37). The highest BCUT2D eigenvalue weighted by atomic mass is 35.5. The number of ether oxygens (including phenoxy) is 1. The van der Waals surface area contributed by atoms with Gasteiger partial charge >= 0.3 is 6.09 Å². The van der Waals surface area contributed by atoms with Gasteiger partial charge in [0.25, 0.3) is 0 Å². The van der Waals surface area contributed by atoms with Crippen LogP contribution >= 0.6 is 34.8 Å². The Hall–Kier alpha value is -2.65. The summed E-state index contributed by atoms with van der Waals surface area (Å²) in [6.45, 7) is 2.79.